The molecular formula is C20H20N2O5. The molecular weight excluding hydrogens is 348 g/mol. The Hall–Kier alpha value is -3.66. The molecule has 2 aromatic carbocycles. The highest BCUT2D eigenvalue weighted by atomic mass is 16.5. The molecule has 0 aliphatic rings. The number of nitrogens with one attached hydrogen (secondary N) is 1. The molecule has 0 radical (unpaired) electrons. The fourth-order valence-electron chi connectivity index (χ4n) is 2.37. The van der Waals surface area contributed by atoms with Crippen molar-refractivity contribution in [1.82, 2.24) is 0 Å². The van der Waals surface area contributed by atoms with Gasteiger partial charge in [0.1, 0.15) is 23.1 Å². The molecule has 0 bridgehead atoms. The van der Waals surface area contributed by atoms with E-state index < -0.39 is 5.91 Å². The Bertz CT molecular complexity index is 900. The maximum atomic E-state index is 12.5. The summed E-state index contributed by atoms with van der Waals surface area (Å²) in [6, 6.07) is 12.0. The number of nitrogens with zero attached hydrogens (tertiary/aromatic N) is 1. The van der Waals surface area contributed by atoms with Gasteiger partial charge in [-0.15, -0.1) is 0 Å². The van der Waals surface area contributed by atoms with Crippen LogP contribution >= 0.6 is 0 Å². The van der Waals surface area contributed by atoms with E-state index in [-0.39, 0.29) is 5.57 Å². The van der Waals surface area contributed by atoms with E-state index in [2.05, 4.69) is 5.32 Å². The predicted octanol–water partition coefficient (Wildman–Crippen LogP) is 3.27. The van der Waals surface area contributed by atoms with E-state index in [9.17, 15) is 10.1 Å². The number of amides is 1. The molecule has 0 fully saturated rings. The lowest BCUT2D eigenvalue weighted by Crippen LogP contribution is -2.13. The first-order valence-electron chi connectivity index (χ1n) is 7.93. The van der Waals surface area contributed by atoms with Gasteiger partial charge >= 0.3 is 0 Å². The molecule has 27 heavy (non-hydrogen) atoms. The van der Waals surface area contributed by atoms with Crippen LogP contribution in [-0.4, -0.2) is 34.3 Å². The van der Waals surface area contributed by atoms with Crippen LogP contribution in [0.3, 0.4) is 0 Å². The van der Waals surface area contributed by atoms with E-state index in [1.54, 1.807) is 36.4 Å². The number of methoxy groups -OCH3 is 4. The first-order chi connectivity index (χ1) is 13.1. The molecule has 140 valence electrons. The van der Waals surface area contributed by atoms with Crippen LogP contribution in [0.15, 0.2) is 42.0 Å². The fraction of sp³-hybridized carbons (Fsp3) is 0.200. The third-order valence-electron chi connectivity index (χ3n) is 3.73. The van der Waals surface area contributed by atoms with E-state index in [1.807, 2.05) is 6.07 Å². The number of hydrogen-bond acceptors (Lipinski definition) is 6. The van der Waals surface area contributed by atoms with Crippen molar-refractivity contribution in [1.29, 1.82) is 5.26 Å². The zero-order valence-electron chi connectivity index (χ0n) is 15.5. The lowest BCUT2D eigenvalue weighted by atomic mass is 10.1. The molecule has 2 aromatic rings. The topological polar surface area (TPSA) is 89.8 Å². The van der Waals surface area contributed by atoms with Crippen LogP contribution in [-0.2, 0) is 4.79 Å². The van der Waals surface area contributed by atoms with Gasteiger partial charge in [-0.05, 0) is 24.3 Å². The van der Waals surface area contributed by atoms with Crippen molar-refractivity contribution in [3.8, 4) is 29.1 Å². The Morgan fingerprint density at radius 2 is 1.63 bits per heavy atom. The first-order valence-corrected chi connectivity index (χ1v) is 7.93. The summed E-state index contributed by atoms with van der Waals surface area (Å²) in [6.07, 6.45) is 1.43. The molecule has 7 heteroatoms. The standard InChI is InChI=1S/C20H20N2O5/c1-24-16-7-5-6-15(10-16)22-20(23)14(12-21)8-13-9-18(26-3)19(27-4)11-17(13)25-2/h5-11H,1-4H3,(H,22,23). The van der Waals surface area contributed by atoms with Gasteiger partial charge in [-0.25, -0.2) is 0 Å². The Morgan fingerprint density at radius 1 is 0.963 bits per heavy atom. The van der Waals surface area contributed by atoms with E-state index in [0.717, 1.165) is 0 Å². The van der Waals surface area contributed by atoms with Gasteiger partial charge in [0.25, 0.3) is 5.91 Å². The van der Waals surface area contributed by atoms with Crippen LogP contribution < -0.4 is 24.3 Å². The SMILES string of the molecule is COc1cccc(NC(=O)C(C#N)=Cc2cc(OC)c(OC)cc2OC)c1. The quantitative estimate of drug-likeness (QED) is 0.596. The highest BCUT2D eigenvalue weighted by Crippen LogP contribution is 2.35. The molecule has 0 atom stereocenters. The summed E-state index contributed by atoms with van der Waals surface area (Å²) in [5, 5.41) is 12.1. The molecule has 1 amide bonds. The second kappa shape index (κ2) is 9.15. The van der Waals surface area contributed by atoms with Crippen LogP contribution in [0.2, 0.25) is 0 Å². The Labute approximate surface area is 157 Å². The minimum absolute atomic E-state index is 0.0941. The summed E-state index contributed by atoms with van der Waals surface area (Å²) >= 11 is 0. The zero-order chi connectivity index (χ0) is 19.8. The summed E-state index contributed by atoms with van der Waals surface area (Å²) < 4.78 is 20.9. The van der Waals surface area contributed by atoms with E-state index in [1.165, 1.54) is 34.5 Å². The minimum atomic E-state index is -0.553. The van der Waals surface area contributed by atoms with Crippen LogP contribution in [0.5, 0.6) is 23.0 Å². The van der Waals surface area contributed by atoms with E-state index >= 15 is 0 Å². The summed E-state index contributed by atoms with van der Waals surface area (Å²) in [6.45, 7) is 0. The highest BCUT2D eigenvalue weighted by Gasteiger charge is 2.15. The van der Waals surface area contributed by atoms with Crippen molar-refractivity contribution in [3.63, 3.8) is 0 Å². The number of anilines is 1. The van der Waals surface area contributed by atoms with Gasteiger partial charge in [0.2, 0.25) is 0 Å². The van der Waals surface area contributed by atoms with Gasteiger partial charge in [-0.2, -0.15) is 5.26 Å². The van der Waals surface area contributed by atoms with Crippen LogP contribution in [0.4, 0.5) is 5.69 Å². The molecule has 2 rings (SSSR count). The van der Waals surface area contributed by atoms with Gasteiger partial charge in [0.05, 0.1) is 28.4 Å². The predicted molar refractivity (Wildman–Crippen MR) is 101 cm³/mol. The molecule has 0 saturated heterocycles. The zero-order valence-corrected chi connectivity index (χ0v) is 15.5. The average molecular weight is 368 g/mol. The van der Waals surface area contributed by atoms with Gasteiger partial charge in [-0.3, -0.25) is 4.79 Å². The third kappa shape index (κ3) is 4.70. The third-order valence-corrected chi connectivity index (χ3v) is 3.73. The largest absolute Gasteiger partial charge is 0.497 e. The minimum Gasteiger partial charge on any atom is -0.497 e. The molecule has 0 saturated carbocycles. The van der Waals surface area contributed by atoms with Crippen LogP contribution in [0.25, 0.3) is 6.08 Å². The van der Waals surface area contributed by atoms with E-state index in [0.29, 0.717) is 34.2 Å². The lowest BCUT2D eigenvalue weighted by Gasteiger charge is -2.12. The molecule has 0 unspecified atom stereocenters. The first kappa shape index (κ1) is 19.7. The van der Waals surface area contributed by atoms with Gasteiger partial charge < -0.3 is 24.3 Å². The monoisotopic (exact) mass is 368 g/mol. The fourth-order valence-corrected chi connectivity index (χ4v) is 2.37. The number of nitriles is 1. The van der Waals surface area contributed by atoms with Crippen molar-refractivity contribution in [2.45, 2.75) is 0 Å². The van der Waals surface area contributed by atoms with Crippen LogP contribution in [0.1, 0.15) is 5.56 Å². The van der Waals surface area contributed by atoms with Crippen molar-refractivity contribution in [2.75, 3.05) is 33.8 Å². The highest BCUT2D eigenvalue weighted by molar-refractivity contribution is 6.10. The lowest BCUT2D eigenvalue weighted by molar-refractivity contribution is -0.112. The number of carbonyl (C=O) groups excluding carboxylic acids is 1. The van der Waals surface area contributed by atoms with Crippen LogP contribution in [0, 0.1) is 11.3 Å². The summed E-state index contributed by atoms with van der Waals surface area (Å²) in [5.74, 6) is 1.41. The van der Waals surface area contributed by atoms with Crippen molar-refractivity contribution >= 4 is 17.7 Å². The van der Waals surface area contributed by atoms with Crippen molar-refractivity contribution in [2.24, 2.45) is 0 Å². The molecule has 7 nitrogen and oxygen atoms in total. The number of hydrogen-bond donors (Lipinski definition) is 1. The smallest absolute Gasteiger partial charge is 0.266 e. The van der Waals surface area contributed by atoms with E-state index in [4.69, 9.17) is 18.9 Å². The Kier molecular flexibility index (Phi) is 6.67. The van der Waals surface area contributed by atoms with Crippen molar-refractivity contribution < 1.29 is 23.7 Å². The normalized spacial score (nSPS) is 10.6. The summed E-state index contributed by atoms with van der Waals surface area (Å²) in [5.41, 5.74) is 0.926. The second-order valence-electron chi connectivity index (χ2n) is 5.31. The number of ether oxygens (including phenoxy) is 4. The molecule has 0 aliphatic carbocycles. The Balaban J connectivity index is 2.37. The Morgan fingerprint density at radius 3 is 2.22 bits per heavy atom. The summed E-state index contributed by atoms with van der Waals surface area (Å²) in [4.78, 5) is 12.5. The average Bonchev–Trinajstić information content (AvgIpc) is 2.71. The van der Waals surface area contributed by atoms with Gasteiger partial charge in [0, 0.05) is 23.4 Å². The van der Waals surface area contributed by atoms with Gasteiger partial charge in [-0.1, -0.05) is 6.07 Å². The number of rotatable bonds is 7. The second-order valence-corrected chi connectivity index (χ2v) is 5.31. The number of carbonyl (C=O) groups is 1. The molecule has 0 spiro atoms. The molecule has 0 heterocycles. The summed E-state index contributed by atoms with van der Waals surface area (Å²) in [7, 11) is 6.03. The number of benzene rings is 2. The maximum absolute atomic E-state index is 12.5. The molecule has 0 aromatic heterocycles. The maximum Gasteiger partial charge on any atom is 0.266 e. The molecule has 0 aliphatic heterocycles. The van der Waals surface area contributed by atoms with Gasteiger partial charge in [0.15, 0.2) is 11.5 Å². The van der Waals surface area contributed by atoms with Crippen molar-refractivity contribution in [3.05, 3.63) is 47.5 Å². The molecule has 1 N–H and O–H groups in total.